The predicted octanol–water partition coefficient (Wildman–Crippen LogP) is 2.05. The quantitative estimate of drug-likeness (QED) is 0.896. The largest absolute Gasteiger partial charge is 0.307 e. The number of benzene rings is 1. The van der Waals surface area contributed by atoms with Gasteiger partial charge in [-0.15, -0.1) is 0 Å². The molecule has 0 radical (unpaired) electrons. The standard InChI is InChI=1S/C12H17F2NO2S/c1-8(7-18(3,16)17)15-9(2)11-5-4-10(13)6-12(11)14/h4-6,8-9,15H,7H2,1-3H3. The Bertz CT molecular complexity index is 517. The number of hydrogen-bond donors (Lipinski definition) is 1. The third-order valence-corrected chi connectivity index (χ3v) is 3.62. The Morgan fingerprint density at radius 2 is 1.89 bits per heavy atom. The molecular weight excluding hydrogens is 260 g/mol. The number of halogens is 2. The van der Waals surface area contributed by atoms with Crippen LogP contribution >= 0.6 is 0 Å². The van der Waals surface area contributed by atoms with E-state index in [1.54, 1.807) is 13.8 Å². The van der Waals surface area contributed by atoms with Crippen molar-refractivity contribution in [1.29, 1.82) is 0 Å². The Kier molecular flexibility index (Phi) is 4.81. The summed E-state index contributed by atoms with van der Waals surface area (Å²) in [5.41, 5.74) is 0.316. The van der Waals surface area contributed by atoms with Crippen LogP contribution in [0.1, 0.15) is 25.5 Å². The summed E-state index contributed by atoms with van der Waals surface area (Å²) in [5.74, 6) is -1.30. The molecule has 0 amide bonds. The minimum Gasteiger partial charge on any atom is -0.307 e. The molecule has 6 heteroatoms. The van der Waals surface area contributed by atoms with Crippen LogP contribution in [0.25, 0.3) is 0 Å². The fourth-order valence-corrected chi connectivity index (χ4v) is 2.88. The molecule has 2 atom stereocenters. The number of rotatable bonds is 5. The van der Waals surface area contributed by atoms with Gasteiger partial charge in [0.15, 0.2) is 0 Å². The topological polar surface area (TPSA) is 46.2 Å². The first-order chi connectivity index (χ1) is 8.19. The fraction of sp³-hybridized carbons (Fsp3) is 0.500. The summed E-state index contributed by atoms with van der Waals surface area (Å²) in [6.45, 7) is 3.41. The molecule has 0 saturated carbocycles. The molecule has 18 heavy (non-hydrogen) atoms. The van der Waals surface area contributed by atoms with E-state index in [4.69, 9.17) is 0 Å². The maximum absolute atomic E-state index is 13.5. The van der Waals surface area contributed by atoms with E-state index in [1.165, 1.54) is 12.1 Å². The van der Waals surface area contributed by atoms with Gasteiger partial charge >= 0.3 is 0 Å². The first kappa shape index (κ1) is 15.0. The first-order valence-electron chi connectivity index (χ1n) is 5.58. The number of sulfone groups is 1. The molecule has 0 aliphatic rings. The van der Waals surface area contributed by atoms with Crippen molar-refractivity contribution < 1.29 is 17.2 Å². The fourth-order valence-electron chi connectivity index (χ4n) is 1.87. The molecule has 1 aromatic carbocycles. The molecule has 0 aliphatic carbocycles. The predicted molar refractivity (Wildman–Crippen MR) is 67.1 cm³/mol. The van der Waals surface area contributed by atoms with Crippen LogP contribution in [-0.2, 0) is 9.84 Å². The van der Waals surface area contributed by atoms with Crippen molar-refractivity contribution in [3.05, 3.63) is 35.4 Å². The van der Waals surface area contributed by atoms with Crippen LogP contribution in [0.5, 0.6) is 0 Å². The Morgan fingerprint density at radius 1 is 1.28 bits per heavy atom. The van der Waals surface area contributed by atoms with Gasteiger partial charge in [0.2, 0.25) is 0 Å². The van der Waals surface area contributed by atoms with E-state index >= 15 is 0 Å². The van der Waals surface area contributed by atoms with Crippen molar-refractivity contribution in [2.75, 3.05) is 12.0 Å². The van der Waals surface area contributed by atoms with Crippen LogP contribution in [0.3, 0.4) is 0 Å². The van der Waals surface area contributed by atoms with Crippen molar-refractivity contribution in [3.63, 3.8) is 0 Å². The van der Waals surface area contributed by atoms with Gasteiger partial charge in [-0.2, -0.15) is 0 Å². The molecule has 1 aromatic rings. The Labute approximate surface area is 106 Å². The average molecular weight is 277 g/mol. The molecule has 1 N–H and O–H groups in total. The van der Waals surface area contributed by atoms with Crippen molar-refractivity contribution in [1.82, 2.24) is 5.32 Å². The highest BCUT2D eigenvalue weighted by molar-refractivity contribution is 7.90. The summed E-state index contributed by atoms with van der Waals surface area (Å²) in [4.78, 5) is 0. The van der Waals surface area contributed by atoms with Crippen LogP contribution < -0.4 is 5.32 Å². The molecule has 0 aliphatic heterocycles. The highest BCUT2D eigenvalue weighted by Crippen LogP contribution is 2.18. The smallest absolute Gasteiger partial charge is 0.148 e. The lowest BCUT2D eigenvalue weighted by atomic mass is 10.1. The van der Waals surface area contributed by atoms with Gasteiger partial charge in [0.05, 0.1) is 5.75 Å². The van der Waals surface area contributed by atoms with Crippen LogP contribution in [0, 0.1) is 11.6 Å². The second-order valence-electron chi connectivity index (χ2n) is 4.55. The third-order valence-electron chi connectivity index (χ3n) is 2.52. The van der Waals surface area contributed by atoms with Crippen molar-refractivity contribution in [3.8, 4) is 0 Å². The Morgan fingerprint density at radius 3 is 2.39 bits per heavy atom. The molecular formula is C12H17F2NO2S. The van der Waals surface area contributed by atoms with Crippen LogP contribution in [0.2, 0.25) is 0 Å². The van der Waals surface area contributed by atoms with E-state index in [2.05, 4.69) is 5.32 Å². The van der Waals surface area contributed by atoms with Gasteiger partial charge in [-0.25, -0.2) is 17.2 Å². The van der Waals surface area contributed by atoms with E-state index in [9.17, 15) is 17.2 Å². The zero-order valence-electron chi connectivity index (χ0n) is 10.6. The van der Waals surface area contributed by atoms with Crippen LogP contribution in [0.4, 0.5) is 8.78 Å². The van der Waals surface area contributed by atoms with E-state index in [0.717, 1.165) is 12.3 Å². The molecule has 3 nitrogen and oxygen atoms in total. The van der Waals surface area contributed by atoms with Gasteiger partial charge in [-0.1, -0.05) is 6.07 Å². The van der Waals surface area contributed by atoms with Gasteiger partial charge in [0.25, 0.3) is 0 Å². The van der Waals surface area contributed by atoms with E-state index in [1.807, 2.05) is 0 Å². The van der Waals surface area contributed by atoms with E-state index < -0.39 is 21.5 Å². The summed E-state index contributed by atoms with van der Waals surface area (Å²) in [5, 5.41) is 2.97. The zero-order valence-corrected chi connectivity index (χ0v) is 11.4. The second-order valence-corrected chi connectivity index (χ2v) is 6.73. The maximum atomic E-state index is 13.5. The molecule has 0 fully saturated rings. The normalized spacial score (nSPS) is 15.4. The highest BCUT2D eigenvalue weighted by Gasteiger charge is 2.16. The lowest BCUT2D eigenvalue weighted by molar-refractivity contribution is 0.477. The second kappa shape index (κ2) is 5.75. The minimum absolute atomic E-state index is 0.0276. The van der Waals surface area contributed by atoms with Gasteiger partial charge in [-0.05, 0) is 19.9 Å². The zero-order chi connectivity index (χ0) is 13.9. The lowest BCUT2D eigenvalue weighted by Crippen LogP contribution is -2.34. The van der Waals surface area contributed by atoms with Gasteiger partial charge in [0, 0.05) is 30.0 Å². The van der Waals surface area contributed by atoms with Crippen molar-refractivity contribution in [2.24, 2.45) is 0 Å². The molecule has 2 unspecified atom stereocenters. The summed E-state index contributed by atoms with van der Waals surface area (Å²) in [7, 11) is -3.08. The monoisotopic (exact) mass is 277 g/mol. The average Bonchev–Trinajstić information content (AvgIpc) is 2.13. The van der Waals surface area contributed by atoms with Crippen LogP contribution in [0.15, 0.2) is 18.2 Å². The van der Waals surface area contributed by atoms with Crippen LogP contribution in [-0.4, -0.2) is 26.5 Å². The van der Waals surface area contributed by atoms with E-state index in [-0.39, 0.29) is 17.8 Å². The molecule has 0 spiro atoms. The lowest BCUT2D eigenvalue weighted by Gasteiger charge is -2.20. The summed E-state index contributed by atoms with van der Waals surface area (Å²) in [6.07, 6.45) is 1.15. The van der Waals surface area contributed by atoms with E-state index in [0.29, 0.717) is 5.56 Å². The summed E-state index contributed by atoms with van der Waals surface area (Å²) in [6, 6.07) is 2.66. The molecule has 0 saturated heterocycles. The molecule has 0 bridgehead atoms. The molecule has 0 heterocycles. The summed E-state index contributed by atoms with van der Waals surface area (Å²) < 4.78 is 48.5. The van der Waals surface area contributed by atoms with Crippen molar-refractivity contribution >= 4 is 9.84 Å². The molecule has 0 aromatic heterocycles. The van der Waals surface area contributed by atoms with Gasteiger partial charge in [-0.3, -0.25) is 0 Å². The molecule has 1 rings (SSSR count). The van der Waals surface area contributed by atoms with Gasteiger partial charge in [0.1, 0.15) is 21.5 Å². The summed E-state index contributed by atoms with van der Waals surface area (Å²) >= 11 is 0. The minimum atomic E-state index is -3.08. The Balaban J connectivity index is 2.73. The SMILES string of the molecule is CC(CS(C)(=O)=O)NC(C)c1ccc(F)cc1F. The highest BCUT2D eigenvalue weighted by atomic mass is 32.2. The maximum Gasteiger partial charge on any atom is 0.148 e. The Hall–Kier alpha value is -1.01. The number of nitrogens with one attached hydrogen (secondary N) is 1. The number of hydrogen-bond acceptors (Lipinski definition) is 3. The van der Waals surface area contributed by atoms with Gasteiger partial charge < -0.3 is 5.32 Å². The molecule has 102 valence electrons. The third kappa shape index (κ3) is 4.70. The van der Waals surface area contributed by atoms with Crippen molar-refractivity contribution in [2.45, 2.75) is 25.9 Å². The first-order valence-corrected chi connectivity index (χ1v) is 7.64.